The van der Waals surface area contributed by atoms with E-state index in [9.17, 15) is 0 Å². The van der Waals surface area contributed by atoms with E-state index in [1.165, 1.54) is 0 Å². The van der Waals surface area contributed by atoms with Gasteiger partial charge in [0, 0.05) is 10.6 Å². The fraction of sp³-hybridized carbons (Fsp3) is 0.0476. The van der Waals surface area contributed by atoms with Crippen molar-refractivity contribution in [2.75, 3.05) is 0 Å². The Morgan fingerprint density at radius 1 is 0.840 bits per heavy atom. The van der Waals surface area contributed by atoms with Crippen molar-refractivity contribution in [1.29, 1.82) is 0 Å². The Kier molecular flexibility index (Phi) is 4.32. The molecular formula is C21H15ClN2O. The monoisotopic (exact) mass is 346 g/mol. The average molecular weight is 347 g/mol. The smallest absolute Gasteiger partial charge is 0.120 e. The van der Waals surface area contributed by atoms with Gasteiger partial charge in [-0.2, -0.15) is 0 Å². The zero-order chi connectivity index (χ0) is 17.1. The molecule has 0 unspecified atom stereocenters. The van der Waals surface area contributed by atoms with Gasteiger partial charge in [0.1, 0.15) is 12.4 Å². The van der Waals surface area contributed by atoms with Crippen LogP contribution < -0.4 is 4.74 Å². The summed E-state index contributed by atoms with van der Waals surface area (Å²) in [5.41, 5.74) is 4.65. The maximum Gasteiger partial charge on any atom is 0.120 e. The summed E-state index contributed by atoms with van der Waals surface area (Å²) in [6.07, 6.45) is 1.79. The molecule has 0 spiro atoms. The highest BCUT2D eigenvalue weighted by Crippen LogP contribution is 2.24. The van der Waals surface area contributed by atoms with Gasteiger partial charge >= 0.3 is 0 Å². The predicted octanol–water partition coefficient (Wildman–Crippen LogP) is 5.53. The van der Waals surface area contributed by atoms with Gasteiger partial charge in [0.2, 0.25) is 0 Å². The van der Waals surface area contributed by atoms with E-state index in [0.717, 1.165) is 38.6 Å². The summed E-state index contributed by atoms with van der Waals surface area (Å²) in [4.78, 5) is 9.16. The number of rotatable bonds is 4. The van der Waals surface area contributed by atoms with Crippen molar-refractivity contribution >= 4 is 22.6 Å². The zero-order valence-electron chi connectivity index (χ0n) is 13.4. The first-order chi connectivity index (χ1) is 12.3. The van der Waals surface area contributed by atoms with Crippen molar-refractivity contribution in [2.45, 2.75) is 6.61 Å². The van der Waals surface area contributed by atoms with Crippen LogP contribution in [-0.2, 0) is 6.61 Å². The molecule has 122 valence electrons. The number of ether oxygens (including phenoxy) is 1. The largest absolute Gasteiger partial charge is 0.489 e. The molecule has 3 nitrogen and oxygen atoms in total. The van der Waals surface area contributed by atoms with Crippen LogP contribution in [0.15, 0.2) is 79.0 Å². The van der Waals surface area contributed by atoms with Crippen LogP contribution in [0.1, 0.15) is 5.56 Å². The maximum absolute atomic E-state index is 5.91. The molecule has 0 atom stereocenters. The SMILES string of the molecule is Clc1ccc(COc2cccc(-c3cnc4ccccc4n3)c2)cc1. The molecule has 4 aromatic rings. The lowest BCUT2D eigenvalue weighted by molar-refractivity contribution is 0.306. The van der Waals surface area contributed by atoms with Crippen LogP contribution in [-0.4, -0.2) is 9.97 Å². The van der Waals surface area contributed by atoms with Crippen molar-refractivity contribution in [3.63, 3.8) is 0 Å². The number of hydrogen-bond acceptors (Lipinski definition) is 3. The molecule has 4 rings (SSSR count). The van der Waals surface area contributed by atoms with Gasteiger partial charge in [-0.1, -0.05) is 48.0 Å². The minimum atomic E-state index is 0.490. The molecule has 0 bridgehead atoms. The van der Waals surface area contributed by atoms with Crippen LogP contribution in [0.2, 0.25) is 5.02 Å². The number of hydrogen-bond donors (Lipinski definition) is 0. The molecule has 1 aromatic heterocycles. The van der Waals surface area contributed by atoms with Crippen LogP contribution in [0.5, 0.6) is 5.75 Å². The van der Waals surface area contributed by atoms with Gasteiger partial charge in [0.15, 0.2) is 0 Å². The van der Waals surface area contributed by atoms with Crippen molar-refractivity contribution in [1.82, 2.24) is 9.97 Å². The van der Waals surface area contributed by atoms with Gasteiger partial charge < -0.3 is 4.74 Å². The van der Waals surface area contributed by atoms with Crippen LogP contribution in [0.4, 0.5) is 0 Å². The summed E-state index contributed by atoms with van der Waals surface area (Å²) in [5.74, 6) is 0.794. The molecule has 25 heavy (non-hydrogen) atoms. The van der Waals surface area contributed by atoms with Crippen molar-refractivity contribution in [3.05, 3.63) is 89.6 Å². The molecular weight excluding hydrogens is 332 g/mol. The Morgan fingerprint density at radius 2 is 1.64 bits per heavy atom. The highest BCUT2D eigenvalue weighted by Gasteiger charge is 2.04. The molecule has 0 amide bonds. The van der Waals surface area contributed by atoms with E-state index in [1.807, 2.05) is 72.8 Å². The highest BCUT2D eigenvalue weighted by molar-refractivity contribution is 6.30. The number of aromatic nitrogens is 2. The van der Waals surface area contributed by atoms with E-state index in [-0.39, 0.29) is 0 Å². The molecule has 4 heteroatoms. The Labute approximate surface area is 150 Å². The van der Waals surface area contributed by atoms with Crippen LogP contribution >= 0.6 is 11.6 Å². The number of fused-ring (bicyclic) bond motifs is 1. The van der Waals surface area contributed by atoms with Gasteiger partial charge in [-0.15, -0.1) is 0 Å². The average Bonchev–Trinajstić information content (AvgIpc) is 2.67. The second kappa shape index (κ2) is 6.91. The Morgan fingerprint density at radius 3 is 2.48 bits per heavy atom. The van der Waals surface area contributed by atoms with Crippen LogP contribution in [0.3, 0.4) is 0 Å². The second-order valence-electron chi connectivity index (χ2n) is 5.69. The highest BCUT2D eigenvalue weighted by atomic mass is 35.5. The lowest BCUT2D eigenvalue weighted by Gasteiger charge is -2.08. The number of nitrogens with zero attached hydrogens (tertiary/aromatic N) is 2. The zero-order valence-corrected chi connectivity index (χ0v) is 14.1. The molecule has 0 saturated heterocycles. The molecule has 3 aromatic carbocycles. The molecule has 0 fully saturated rings. The van der Waals surface area contributed by atoms with E-state index in [2.05, 4.69) is 9.97 Å². The van der Waals surface area contributed by atoms with E-state index in [0.29, 0.717) is 6.61 Å². The summed E-state index contributed by atoms with van der Waals surface area (Å²) in [6.45, 7) is 0.490. The van der Waals surface area contributed by atoms with Gasteiger partial charge in [0.25, 0.3) is 0 Å². The summed E-state index contributed by atoms with van der Waals surface area (Å²) < 4.78 is 5.89. The topological polar surface area (TPSA) is 35.0 Å². The summed E-state index contributed by atoms with van der Waals surface area (Å²) in [5, 5.41) is 0.723. The third-order valence-corrected chi connectivity index (χ3v) is 4.15. The first-order valence-corrected chi connectivity index (χ1v) is 8.35. The van der Waals surface area contributed by atoms with Crippen LogP contribution in [0, 0.1) is 0 Å². The second-order valence-corrected chi connectivity index (χ2v) is 6.12. The summed E-state index contributed by atoms with van der Waals surface area (Å²) >= 11 is 5.91. The lowest BCUT2D eigenvalue weighted by Crippen LogP contribution is -1.95. The van der Waals surface area contributed by atoms with Gasteiger partial charge in [0.05, 0.1) is 22.9 Å². The Hall–Kier alpha value is -2.91. The van der Waals surface area contributed by atoms with E-state index < -0.39 is 0 Å². The van der Waals surface area contributed by atoms with Gasteiger partial charge in [-0.25, -0.2) is 4.98 Å². The minimum Gasteiger partial charge on any atom is -0.489 e. The van der Waals surface area contributed by atoms with Crippen molar-refractivity contribution in [3.8, 4) is 17.0 Å². The predicted molar refractivity (Wildman–Crippen MR) is 101 cm³/mol. The van der Waals surface area contributed by atoms with E-state index in [4.69, 9.17) is 16.3 Å². The first-order valence-electron chi connectivity index (χ1n) is 7.97. The standard InChI is InChI=1S/C21H15ClN2O/c22-17-10-8-15(9-11-17)14-25-18-5-3-4-16(12-18)21-13-23-19-6-1-2-7-20(19)24-21/h1-13H,14H2. The van der Waals surface area contributed by atoms with E-state index in [1.54, 1.807) is 6.20 Å². The van der Waals surface area contributed by atoms with Gasteiger partial charge in [-0.3, -0.25) is 4.98 Å². The number of halogens is 1. The number of benzene rings is 3. The molecule has 0 saturated carbocycles. The number of para-hydroxylation sites is 2. The summed E-state index contributed by atoms with van der Waals surface area (Å²) in [7, 11) is 0. The molecule has 0 aliphatic rings. The molecule has 0 radical (unpaired) electrons. The Balaban J connectivity index is 1.56. The van der Waals surface area contributed by atoms with Crippen molar-refractivity contribution in [2.24, 2.45) is 0 Å². The quantitative estimate of drug-likeness (QED) is 0.487. The molecule has 1 heterocycles. The molecule has 0 aliphatic heterocycles. The summed E-state index contributed by atoms with van der Waals surface area (Å²) in [6, 6.07) is 23.4. The maximum atomic E-state index is 5.91. The van der Waals surface area contributed by atoms with Crippen molar-refractivity contribution < 1.29 is 4.74 Å². The fourth-order valence-electron chi connectivity index (χ4n) is 2.59. The third kappa shape index (κ3) is 3.62. The minimum absolute atomic E-state index is 0.490. The van der Waals surface area contributed by atoms with E-state index >= 15 is 0 Å². The third-order valence-electron chi connectivity index (χ3n) is 3.90. The fourth-order valence-corrected chi connectivity index (χ4v) is 2.71. The lowest BCUT2D eigenvalue weighted by atomic mass is 10.1. The molecule has 0 N–H and O–H groups in total. The Bertz CT molecular complexity index is 1020. The van der Waals surface area contributed by atoms with Gasteiger partial charge in [-0.05, 0) is 42.0 Å². The normalized spacial score (nSPS) is 10.8. The molecule has 0 aliphatic carbocycles. The first kappa shape index (κ1) is 15.6. The van der Waals surface area contributed by atoms with Crippen LogP contribution in [0.25, 0.3) is 22.3 Å².